The zero-order chi connectivity index (χ0) is 26.1. The smallest absolute Gasteiger partial charge is 0.410 e. The van der Waals surface area contributed by atoms with E-state index in [0.29, 0.717) is 43.8 Å². The highest BCUT2D eigenvalue weighted by Gasteiger charge is 2.40. The van der Waals surface area contributed by atoms with Gasteiger partial charge in [-0.2, -0.15) is 0 Å². The fourth-order valence-corrected chi connectivity index (χ4v) is 4.84. The highest BCUT2D eigenvalue weighted by atomic mass is 35.5. The van der Waals surface area contributed by atoms with Crippen LogP contribution in [0.2, 0.25) is 5.15 Å². The normalized spacial score (nSPS) is 21.7. The summed E-state index contributed by atoms with van der Waals surface area (Å²) >= 11 is 6.29. The summed E-state index contributed by atoms with van der Waals surface area (Å²) in [5.74, 6) is 0.411. The van der Waals surface area contributed by atoms with Crippen LogP contribution in [0.25, 0.3) is 0 Å². The third kappa shape index (κ3) is 7.46. The molecule has 1 saturated heterocycles. The molecule has 2 aliphatic heterocycles. The molecule has 3 heterocycles. The molecule has 1 fully saturated rings. The van der Waals surface area contributed by atoms with Crippen LogP contribution in [0.15, 0.2) is 12.1 Å². The van der Waals surface area contributed by atoms with E-state index in [0.717, 1.165) is 17.7 Å². The first-order valence-corrected chi connectivity index (χ1v) is 12.9. The molecule has 2 aliphatic rings. The van der Waals surface area contributed by atoms with E-state index >= 15 is 0 Å². The number of piperazine rings is 1. The Morgan fingerprint density at radius 2 is 1.66 bits per heavy atom. The van der Waals surface area contributed by atoms with Crippen LogP contribution in [-0.4, -0.2) is 75.3 Å². The van der Waals surface area contributed by atoms with Crippen molar-refractivity contribution >= 4 is 23.8 Å². The molecule has 2 amide bonds. The van der Waals surface area contributed by atoms with Crippen molar-refractivity contribution in [3.05, 3.63) is 28.5 Å². The van der Waals surface area contributed by atoms with Gasteiger partial charge in [0, 0.05) is 32.2 Å². The summed E-state index contributed by atoms with van der Waals surface area (Å²) in [7, 11) is 0. The second-order valence-electron chi connectivity index (χ2n) is 12.0. The number of amides is 2. The number of hydrogen-bond donors (Lipinski definition) is 0. The summed E-state index contributed by atoms with van der Waals surface area (Å²) in [5.41, 5.74) is 0.734. The van der Waals surface area contributed by atoms with E-state index in [4.69, 9.17) is 21.1 Å². The van der Waals surface area contributed by atoms with Crippen molar-refractivity contribution in [2.24, 2.45) is 5.92 Å². The lowest BCUT2D eigenvalue weighted by atomic mass is 9.95. The van der Waals surface area contributed by atoms with Crippen LogP contribution in [0.1, 0.15) is 79.1 Å². The van der Waals surface area contributed by atoms with Crippen LogP contribution in [-0.2, 0) is 16.0 Å². The van der Waals surface area contributed by atoms with Crippen LogP contribution in [0.5, 0.6) is 0 Å². The summed E-state index contributed by atoms with van der Waals surface area (Å²) in [6.07, 6.45) is 0.242. The van der Waals surface area contributed by atoms with E-state index in [2.05, 4.69) is 23.7 Å². The lowest BCUT2D eigenvalue weighted by Crippen LogP contribution is -2.58. The Kier molecular flexibility index (Phi) is 8.26. The van der Waals surface area contributed by atoms with Crippen molar-refractivity contribution < 1.29 is 19.1 Å². The van der Waals surface area contributed by atoms with Gasteiger partial charge in [0.25, 0.3) is 0 Å². The molecular weight excluding hydrogens is 468 g/mol. The molecular formula is C26H41ClN4O4. The lowest BCUT2D eigenvalue weighted by molar-refractivity contribution is -0.0194. The molecule has 0 spiro atoms. The largest absolute Gasteiger partial charge is 0.444 e. The summed E-state index contributed by atoms with van der Waals surface area (Å²) in [4.78, 5) is 36.6. The SMILES string of the molecule is CC(C)CC1CN(C2CN(C(=O)OC(C)(C)C)Cc3ccc(Cl)nc32)CCN1C(=O)OC(C)(C)C. The van der Waals surface area contributed by atoms with Gasteiger partial charge in [-0.1, -0.05) is 31.5 Å². The van der Waals surface area contributed by atoms with Crippen LogP contribution >= 0.6 is 11.6 Å². The van der Waals surface area contributed by atoms with Crippen LogP contribution < -0.4 is 0 Å². The number of carbonyl (C=O) groups is 2. The van der Waals surface area contributed by atoms with Crippen molar-refractivity contribution in [3.63, 3.8) is 0 Å². The van der Waals surface area contributed by atoms with Gasteiger partial charge < -0.3 is 19.3 Å². The minimum atomic E-state index is -0.577. The third-order valence-corrected chi connectivity index (χ3v) is 6.24. The Bertz CT molecular complexity index is 925. The summed E-state index contributed by atoms with van der Waals surface area (Å²) in [6, 6.07) is 3.56. The highest BCUT2D eigenvalue weighted by molar-refractivity contribution is 6.29. The Labute approximate surface area is 214 Å². The fraction of sp³-hybridized carbons (Fsp3) is 0.731. The zero-order valence-electron chi connectivity index (χ0n) is 22.4. The molecule has 35 heavy (non-hydrogen) atoms. The number of pyridine rings is 1. The van der Waals surface area contributed by atoms with Gasteiger partial charge in [0.15, 0.2) is 0 Å². The number of aromatic nitrogens is 1. The Morgan fingerprint density at radius 1 is 1.03 bits per heavy atom. The zero-order valence-corrected chi connectivity index (χ0v) is 23.2. The first-order valence-electron chi connectivity index (χ1n) is 12.5. The molecule has 2 unspecified atom stereocenters. The number of nitrogens with zero attached hydrogens (tertiary/aromatic N) is 4. The first-order chi connectivity index (χ1) is 16.1. The number of halogens is 1. The standard InChI is InChI=1S/C26H41ClN4O4/c1-17(2)13-19-15-29(11-12-31(19)24(33)35-26(6,7)8)20-16-30(23(32)34-25(3,4)5)14-18-9-10-21(27)28-22(18)20/h9-10,17,19-20H,11-16H2,1-8H3. The number of fused-ring (bicyclic) bond motifs is 1. The van der Waals surface area contributed by atoms with Crippen molar-refractivity contribution in [1.29, 1.82) is 0 Å². The van der Waals surface area contributed by atoms with Crippen LogP contribution in [0, 0.1) is 5.92 Å². The molecule has 0 N–H and O–H groups in total. The van der Waals surface area contributed by atoms with Crippen LogP contribution in [0.4, 0.5) is 9.59 Å². The lowest BCUT2D eigenvalue weighted by Gasteiger charge is -2.47. The van der Waals surface area contributed by atoms with Crippen molar-refractivity contribution in [2.45, 2.75) is 91.6 Å². The molecule has 3 rings (SSSR count). The number of rotatable bonds is 3. The molecule has 0 aromatic carbocycles. The van der Waals surface area contributed by atoms with E-state index < -0.39 is 11.2 Å². The van der Waals surface area contributed by atoms with E-state index in [9.17, 15) is 9.59 Å². The van der Waals surface area contributed by atoms with Gasteiger partial charge >= 0.3 is 12.2 Å². The predicted octanol–water partition coefficient (Wildman–Crippen LogP) is 5.49. The average Bonchev–Trinajstić information content (AvgIpc) is 2.70. The topological polar surface area (TPSA) is 75.2 Å². The first kappa shape index (κ1) is 27.5. The molecule has 0 saturated carbocycles. The molecule has 0 radical (unpaired) electrons. The molecule has 2 atom stereocenters. The highest BCUT2D eigenvalue weighted by Crippen LogP contribution is 2.34. The second-order valence-corrected chi connectivity index (χ2v) is 12.4. The molecule has 1 aromatic rings. The van der Waals surface area contributed by atoms with Crippen molar-refractivity contribution in [2.75, 3.05) is 26.2 Å². The molecule has 0 aliphatic carbocycles. The maximum atomic E-state index is 13.0. The van der Waals surface area contributed by atoms with E-state index in [1.807, 2.05) is 52.5 Å². The van der Waals surface area contributed by atoms with Gasteiger partial charge in [-0.25, -0.2) is 14.6 Å². The quantitative estimate of drug-likeness (QED) is 0.502. The fourth-order valence-electron chi connectivity index (χ4n) is 4.69. The predicted molar refractivity (Wildman–Crippen MR) is 136 cm³/mol. The number of ether oxygens (including phenoxy) is 2. The van der Waals surface area contributed by atoms with Gasteiger partial charge in [-0.05, 0) is 65.5 Å². The van der Waals surface area contributed by atoms with Crippen molar-refractivity contribution in [1.82, 2.24) is 19.7 Å². The van der Waals surface area contributed by atoms with E-state index in [1.165, 1.54) is 0 Å². The van der Waals surface area contributed by atoms with Gasteiger partial charge in [0.1, 0.15) is 16.4 Å². The minimum absolute atomic E-state index is 0.00172. The summed E-state index contributed by atoms with van der Waals surface area (Å²) in [6.45, 7) is 18.3. The maximum absolute atomic E-state index is 13.0. The molecule has 1 aromatic heterocycles. The van der Waals surface area contributed by atoms with Crippen LogP contribution in [0.3, 0.4) is 0 Å². The number of carbonyl (C=O) groups excluding carboxylic acids is 2. The molecule has 0 bridgehead atoms. The third-order valence-electron chi connectivity index (χ3n) is 6.03. The van der Waals surface area contributed by atoms with Gasteiger partial charge in [-0.15, -0.1) is 0 Å². The van der Waals surface area contributed by atoms with E-state index in [-0.39, 0.29) is 24.3 Å². The van der Waals surface area contributed by atoms with Gasteiger partial charge in [0.05, 0.1) is 18.3 Å². The van der Waals surface area contributed by atoms with Gasteiger partial charge in [0.2, 0.25) is 0 Å². The Balaban J connectivity index is 1.86. The van der Waals surface area contributed by atoms with Crippen molar-refractivity contribution in [3.8, 4) is 0 Å². The van der Waals surface area contributed by atoms with Gasteiger partial charge in [-0.3, -0.25) is 4.90 Å². The Morgan fingerprint density at radius 3 is 2.26 bits per heavy atom. The molecule has 9 heteroatoms. The Hall–Kier alpha value is -2.06. The summed E-state index contributed by atoms with van der Waals surface area (Å²) < 4.78 is 11.4. The monoisotopic (exact) mass is 508 g/mol. The number of hydrogen-bond acceptors (Lipinski definition) is 6. The molecule has 8 nitrogen and oxygen atoms in total. The molecule has 196 valence electrons. The summed E-state index contributed by atoms with van der Waals surface area (Å²) in [5, 5.41) is 0.436. The second kappa shape index (κ2) is 10.5. The minimum Gasteiger partial charge on any atom is -0.444 e. The average molecular weight is 509 g/mol. The van der Waals surface area contributed by atoms with E-state index in [1.54, 1.807) is 11.0 Å². The maximum Gasteiger partial charge on any atom is 0.410 e.